The van der Waals surface area contributed by atoms with Crippen LogP contribution < -0.4 is 5.32 Å². The average molecular weight is 491 g/mol. The van der Waals surface area contributed by atoms with E-state index in [1.165, 1.54) is 0 Å². The molecule has 1 fully saturated rings. The molecule has 1 aromatic heterocycles. The van der Waals surface area contributed by atoms with Crippen LogP contribution in [0.2, 0.25) is 0 Å². The van der Waals surface area contributed by atoms with Crippen LogP contribution in [0.25, 0.3) is 11.0 Å². The van der Waals surface area contributed by atoms with Gasteiger partial charge in [-0.25, -0.2) is 13.4 Å². The Balaban J connectivity index is 0.00000243. The molecule has 0 aliphatic carbocycles. The molecule has 26 heavy (non-hydrogen) atoms. The highest BCUT2D eigenvalue weighted by Gasteiger charge is 2.40. The lowest BCUT2D eigenvalue weighted by molar-refractivity contribution is 0.352. The van der Waals surface area contributed by atoms with Crippen molar-refractivity contribution in [3.05, 3.63) is 30.1 Å². The molecule has 9 heteroatoms. The Morgan fingerprint density at radius 3 is 2.65 bits per heavy atom. The number of fused-ring (bicyclic) bond motifs is 1. The zero-order chi connectivity index (χ0) is 18.2. The van der Waals surface area contributed by atoms with Gasteiger partial charge in [0.25, 0.3) is 0 Å². The summed E-state index contributed by atoms with van der Waals surface area (Å²) in [5.41, 5.74) is 2.04. The number of hydrogen-bond donors (Lipinski definition) is 1. The van der Waals surface area contributed by atoms with E-state index < -0.39 is 14.6 Å². The van der Waals surface area contributed by atoms with Crippen LogP contribution in [0.3, 0.4) is 0 Å². The van der Waals surface area contributed by atoms with Gasteiger partial charge in [-0.1, -0.05) is 12.1 Å². The number of rotatable bonds is 2. The highest BCUT2D eigenvalue weighted by Crippen LogP contribution is 2.23. The Hall–Kier alpha value is -1.36. The molecule has 1 aromatic carbocycles. The third kappa shape index (κ3) is 3.83. The summed E-state index contributed by atoms with van der Waals surface area (Å²) in [4.78, 5) is 11.0. The molecule has 0 radical (unpaired) electrons. The predicted molar refractivity (Wildman–Crippen MR) is 116 cm³/mol. The number of benzene rings is 1. The molecule has 1 N–H and O–H groups in total. The second-order valence-electron chi connectivity index (χ2n) is 6.98. The van der Waals surface area contributed by atoms with Gasteiger partial charge in [0.2, 0.25) is 0 Å². The van der Waals surface area contributed by atoms with E-state index in [1.807, 2.05) is 36.2 Å². The predicted octanol–water partition coefficient (Wildman–Crippen LogP) is 1.78. The van der Waals surface area contributed by atoms with Crippen LogP contribution in [0.15, 0.2) is 29.3 Å². The van der Waals surface area contributed by atoms with Crippen molar-refractivity contribution in [3.8, 4) is 0 Å². The Morgan fingerprint density at radius 1 is 1.35 bits per heavy atom. The minimum atomic E-state index is -3.07. The number of hydrogen-bond acceptors (Lipinski definition) is 4. The monoisotopic (exact) mass is 491 g/mol. The normalized spacial score (nSPS) is 19.2. The SMILES string of the molecule is CN=C(NCc1nc2ccccc2n1C)N1CCS(=O)(=O)C(C)(C)C1.I. The number of para-hydroxylation sites is 2. The van der Waals surface area contributed by atoms with Crippen LogP contribution in [0.5, 0.6) is 0 Å². The summed E-state index contributed by atoms with van der Waals surface area (Å²) in [6, 6.07) is 8.00. The van der Waals surface area contributed by atoms with Gasteiger partial charge in [-0.3, -0.25) is 4.99 Å². The number of imidazole rings is 1. The van der Waals surface area contributed by atoms with Gasteiger partial charge in [0.1, 0.15) is 5.82 Å². The number of nitrogens with zero attached hydrogens (tertiary/aromatic N) is 4. The molecule has 1 aliphatic rings. The standard InChI is InChI=1S/C17H25N5O2S.HI/c1-17(2)12-22(9-10-25(17,23)24)16(18-3)19-11-15-20-13-7-5-6-8-14(13)21(15)4;/h5-8H,9-12H2,1-4H3,(H,18,19);1H. The minimum absolute atomic E-state index is 0. The Labute approximate surface area is 171 Å². The van der Waals surface area contributed by atoms with Gasteiger partial charge < -0.3 is 14.8 Å². The maximum absolute atomic E-state index is 12.2. The van der Waals surface area contributed by atoms with Gasteiger partial charge in [0, 0.05) is 27.2 Å². The van der Waals surface area contributed by atoms with Crippen LogP contribution in [0.1, 0.15) is 19.7 Å². The maximum atomic E-state index is 12.2. The molecule has 0 amide bonds. The molecular formula is C17H26IN5O2S. The van der Waals surface area contributed by atoms with Crippen molar-refractivity contribution in [2.45, 2.75) is 25.1 Å². The molecule has 1 saturated heterocycles. The van der Waals surface area contributed by atoms with E-state index in [9.17, 15) is 8.42 Å². The van der Waals surface area contributed by atoms with Crippen molar-refractivity contribution in [3.63, 3.8) is 0 Å². The van der Waals surface area contributed by atoms with E-state index in [1.54, 1.807) is 20.9 Å². The Bertz CT molecular complexity index is 920. The molecule has 1 aliphatic heterocycles. The molecular weight excluding hydrogens is 465 g/mol. The molecule has 3 rings (SSSR count). The first-order chi connectivity index (χ1) is 11.7. The van der Waals surface area contributed by atoms with Gasteiger partial charge in [0.15, 0.2) is 15.8 Å². The molecule has 0 bridgehead atoms. The van der Waals surface area contributed by atoms with Crippen molar-refractivity contribution < 1.29 is 8.42 Å². The van der Waals surface area contributed by atoms with Crippen LogP contribution in [-0.2, 0) is 23.4 Å². The number of aliphatic imine (C=N–C) groups is 1. The minimum Gasteiger partial charge on any atom is -0.349 e. The second kappa shape index (κ2) is 7.71. The van der Waals surface area contributed by atoms with Crippen molar-refractivity contribution in [2.75, 3.05) is 25.9 Å². The maximum Gasteiger partial charge on any atom is 0.194 e. The van der Waals surface area contributed by atoms with Crippen molar-refractivity contribution >= 4 is 50.8 Å². The zero-order valence-electron chi connectivity index (χ0n) is 15.6. The summed E-state index contributed by atoms with van der Waals surface area (Å²) in [5.74, 6) is 1.76. The smallest absolute Gasteiger partial charge is 0.194 e. The molecule has 7 nitrogen and oxygen atoms in total. The summed E-state index contributed by atoms with van der Waals surface area (Å²) in [6.45, 7) is 4.95. The van der Waals surface area contributed by atoms with E-state index in [0.717, 1.165) is 16.9 Å². The third-order valence-corrected chi connectivity index (χ3v) is 7.37. The topological polar surface area (TPSA) is 79.6 Å². The average Bonchev–Trinajstić information content (AvgIpc) is 2.88. The Kier molecular flexibility index (Phi) is 6.21. The quantitative estimate of drug-likeness (QED) is 0.394. The molecule has 144 valence electrons. The number of aromatic nitrogens is 2. The second-order valence-corrected chi connectivity index (χ2v) is 9.72. The highest BCUT2D eigenvalue weighted by atomic mass is 127. The number of sulfone groups is 1. The summed E-state index contributed by atoms with van der Waals surface area (Å²) in [7, 11) is 0.640. The fourth-order valence-corrected chi connectivity index (χ4v) is 4.53. The first kappa shape index (κ1) is 20.9. The summed E-state index contributed by atoms with van der Waals surface area (Å²) in [6.07, 6.45) is 0. The third-order valence-electron chi connectivity index (χ3n) is 4.84. The number of halogens is 1. The molecule has 2 heterocycles. The lowest BCUT2D eigenvalue weighted by Gasteiger charge is -2.39. The van der Waals surface area contributed by atoms with E-state index >= 15 is 0 Å². The van der Waals surface area contributed by atoms with Gasteiger partial charge in [-0.2, -0.15) is 0 Å². The first-order valence-electron chi connectivity index (χ1n) is 8.33. The van der Waals surface area contributed by atoms with Crippen molar-refractivity contribution in [1.29, 1.82) is 0 Å². The molecule has 0 unspecified atom stereocenters. The van der Waals surface area contributed by atoms with Crippen LogP contribution in [0.4, 0.5) is 0 Å². The Morgan fingerprint density at radius 2 is 2.04 bits per heavy atom. The zero-order valence-corrected chi connectivity index (χ0v) is 18.7. The number of aryl methyl sites for hydroxylation is 1. The molecule has 0 atom stereocenters. The number of guanidine groups is 1. The van der Waals surface area contributed by atoms with Gasteiger partial charge in [0.05, 0.1) is 28.1 Å². The van der Waals surface area contributed by atoms with Crippen LogP contribution in [-0.4, -0.2) is 59.5 Å². The molecule has 2 aromatic rings. The first-order valence-corrected chi connectivity index (χ1v) is 9.98. The largest absolute Gasteiger partial charge is 0.349 e. The number of nitrogens with one attached hydrogen (secondary N) is 1. The lowest BCUT2D eigenvalue weighted by Crippen LogP contribution is -2.57. The van der Waals surface area contributed by atoms with E-state index in [2.05, 4.69) is 19.9 Å². The van der Waals surface area contributed by atoms with Crippen molar-refractivity contribution in [1.82, 2.24) is 19.8 Å². The highest BCUT2D eigenvalue weighted by molar-refractivity contribution is 14.0. The van der Waals surface area contributed by atoms with E-state index in [4.69, 9.17) is 0 Å². The lowest BCUT2D eigenvalue weighted by atomic mass is 10.2. The van der Waals surface area contributed by atoms with Gasteiger partial charge in [-0.15, -0.1) is 24.0 Å². The van der Waals surface area contributed by atoms with E-state index in [0.29, 0.717) is 25.6 Å². The van der Waals surface area contributed by atoms with Crippen LogP contribution in [0, 0.1) is 0 Å². The fourth-order valence-electron chi connectivity index (χ4n) is 3.17. The van der Waals surface area contributed by atoms with Crippen molar-refractivity contribution in [2.24, 2.45) is 12.0 Å². The fraction of sp³-hybridized carbons (Fsp3) is 0.529. The van der Waals surface area contributed by atoms with Crippen LogP contribution >= 0.6 is 24.0 Å². The summed E-state index contributed by atoms with van der Waals surface area (Å²) in [5, 5.41) is 3.32. The van der Waals surface area contributed by atoms with Gasteiger partial charge in [-0.05, 0) is 26.0 Å². The summed E-state index contributed by atoms with van der Waals surface area (Å²) >= 11 is 0. The summed E-state index contributed by atoms with van der Waals surface area (Å²) < 4.78 is 25.6. The van der Waals surface area contributed by atoms with E-state index in [-0.39, 0.29) is 29.7 Å². The molecule has 0 saturated carbocycles. The molecule has 0 spiro atoms. The van der Waals surface area contributed by atoms with Gasteiger partial charge >= 0.3 is 0 Å².